The Kier molecular flexibility index (Phi) is 4.59. The van der Waals surface area contributed by atoms with Gasteiger partial charge in [0, 0.05) is 38.8 Å². The number of carbonyl (C=O) groups excluding carboxylic acids is 1. The van der Waals surface area contributed by atoms with Crippen molar-refractivity contribution in [1.82, 2.24) is 15.1 Å². The lowest BCUT2D eigenvalue weighted by Gasteiger charge is -2.38. The molecule has 2 aliphatic rings. The summed E-state index contributed by atoms with van der Waals surface area (Å²) in [5.41, 5.74) is 0. The van der Waals surface area contributed by atoms with Crippen LogP contribution in [0.5, 0.6) is 0 Å². The van der Waals surface area contributed by atoms with Gasteiger partial charge in [0.05, 0.1) is 18.8 Å². The molecule has 2 heterocycles. The van der Waals surface area contributed by atoms with Crippen molar-refractivity contribution in [2.45, 2.75) is 39.0 Å². The molecule has 1 N–H and O–H groups in total. The number of nitrogens with zero attached hydrogens (tertiary/aromatic N) is 2. The number of rotatable bonds is 2. The molecular formula is C13H25N3O2. The quantitative estimate of drug-likeness (QED) is 0.749. The smallest absolute Gasteiger partial charge is 0.236 e. The van der Waals surface area contributed by atoms with E-state index in [2.05, 4.69) is 17.1 Å². The van der Waals surface area contributed by atoms with Gasteiger partial charge < -0.3 is 15.0 Å². The third-order valence-corrected chi connectivity index (χ3v) is 3.75. The molecular weight excluding hydrogens is 230 g/mol. The van der Waals surface area contributed by atoms with Gasteiger partial charge in [-0.1, -0.05) is 0 Å². The van der Waals surface area contributed by atoms with E-state index >= 15 is 0 Å². The van der Waals surface area contributed by atoms with Crippen LogP contribution in [-0.4, -0.2) is 73.2 Å². The van der Waals surface area contributed by atoms with E-state index in [1.807, 2.05) is 18.7 Å². The Labute approximate surface area is 109 Å². The number of nitrogens with one attached hydrogen (secondary N) is 1. The van der Waals surface area contributed by atoms with Gasteiger partial charge in [0.1, 0.15) is 0 Å². The van der Waals surface area contributed by atoms with Gasteiger partial charge in [-0.3, -0.25) is 9.69 Å². The van der Waals surface area contributed by atoms with Gasteiger partial charge in [-0.25, -0.2) is 0 Å². The van der Waals surface area contributed by atoms with E-state index in [0.717, 1.165) is 32.7 Å². The number of ether oxygens (including phenoxy) is 1. The summed E-state index contributed by atoms with van der Waals surface area (Å²) in [7, 11) is 0. The highest BCUT2D eigenvalue weighted by atomic mass is 16.5. The van der Waals surface area contributed by atoms with Crippen molar-refractivity contribution in [3.8, 4) is 0 Å². The first-order chi connectivity index (χ1) is 8.56. The Hall–Kier alpha value is -0.650. The molecule has 104 valence electrons. The van der Waals surface area contributed by atoms with Crippen molar-refractivity contribution in [2.75, 3.05) is 39.3 Å². The van der Waals surface area contributed by atoms with Crippen LogP contribution in [0, 0.1) is 0 Å². The summed E-state index contributed by atoms with van der Waals surface area (Å²) in [6.45, 7) is 11.1. The molecule has 2 rings (SSSR count). The van der Waals surface area contributed by atoms with Crippen molar-refractivity contribution in [3.63, 3.8) is 0 Å². The van der Waals surface area contributed by atoms with E-state index in [0.29, 0.717) is 12.6 Å². The minimum absolute atomic E-state index is 0.151. The second-order valence-corrected chi connectivity index (χ2v) is 5.58. The fourth-order valence-electron chi connectivity index (χ4n) is 2.77. The number of piperazine rings is 1. The van der Waals surface area contributed by atoms with Gasteiger partial charge in [0.2, 0.25) is 5.91 Å². The van der Waals surface area contributed by atoms with E-state index in [9.17, 15) is 4.79 Å². The Bertz CT molecular complexity index is 288. The van der Waals surface area contributed by atoms with Crippen molar-refractivity contribution in [1.29, 1.82) is 0 Å². The van der Waals surface area contributed by atoms with Crippen LogP contribution < -0.4 is 5.32 Å². The first-order valence-electron chi connectivity index (χ1n) is 6.94. The minimum atomic E-state index is 0.151. The average molecular weight is 255 g/mol. The number of carbonyl (C=O) groups is 1. The van der Waals surface area contributed by atoms with Crippen LogP contribution in [-0.2, 0) is 9.53 Å². The topological polar surface area (TPSA) is 44.8 Å². The maximum atomic E-state index is 12.3. The molecule has 0 radical (unpaired) electrons. The maximum Gasteiger partial charge on any atom is 0.236 e. The van der Waals surface area contributed by atoms with Gasteiger partial charge in [-0.05, 0) is 20.8 Å². The SMILES string of the molecule is CC1CN(C(=O)CN2CCNC[C@@H]2C)CC(C)O1. The number of amides is 1. The normalized spacial score (nSPS) is 34.6. The lowest BCUT2D eigenvalue weighted by Crippen LogP contribution is -2.55. The van der Waals surface area contributed by atoms with Crippen LogP contribution in [0.15, 0.2) is 0 Å². The van der Waals surface area contributed by atoms with E-state index in [1.165, 1.54) is 0 Å². The zero-order valence-electron chi connectivity index (χ0n) is 11.7. The summed E-state index contributed by atoms with van der Waals surface area (Å²) in [4.78, 5) is 16.5. The molecule has 5 nitrogen and oxygen atoms in total. The minimum Gasteiger partial charge on any atom is -0.372 e. The number of morpholine rings is 1. The first kappa shape index (κ1) is 13.8. The highest BCUT2D eigenvalue weighted by Gasteiger charge is 2.28. The van der Waals surface area contributed by atoms with Crippen LogP contribution in [0.3, 0.4) is 0 Å². The lowest BCUT2D eigenvalue weighted by atomic mass is 10.2. The van der Waals surface area contributed by atoms with Gasteiger partial charge >= 0.3 is 0 Å². The van der Waals surface area contributed by atoms with E-state index < -0.39 is 0 Å². The summed E-state index contributed by atoms with van der Waals surface area (Å²) in [5, 5.41) is 3.34. The predicted octanol–water partition coefficient (Wildman–Crippen LogP) is -0.0841. The standard InChI is InChI=1S/C13H25N3O2/c1-10-6-14-4-5-15(10)9-13(17)16-7-11(2)18-12(3)8-16/h10-12,14H,4-9H2,1-3H3/t10-,11?,12?/m0/s1. The molecule has 0 bridgehead atoms. The largest absolute Gasteiger partial charge is 0.372 e. The van der Waals surface area contributed by atoms with E-state index in [1.54, 1.807) is 0 Å². The highest BCUT2D eigenvalue weighted by molar-refractivity contribution is 5.78. The van der Waals surface area contributed by atoms with Gasteiger partial charge in [-0.2, -0.15) is 0 Å². The Morgan fingerprint density at radius 2 is 1.94 bits per heavy atom. The molecule has 0 saturated carbocycles. The second kappa shape index (κ2) is 5.99. The summed E-state index contributed by atoms with van der Waals surface area (Å²) in [5.74, 6) is 0.241. The predicted molar refractivity (Wildman–Crippen MR) is 70.5 cm³/mol. The Morgan fingerprint density at radius 3 is 2.56 bits per heavy atom. The van der Waals surface area contributed by atoms with Crippen LogP contribution in [0.4, 0.5) is 0 Å². The van der Waals surface area contributed by atoms with Crippen molar-refractivity contribution in [2.24, 2.45) is 0 Å². The zero-order valence-corrected chi connectivity index (χ0v) is 11.7. The monoisotopic (exact) mass is 255 g/mol. The van der Waals surface area contributed by atoms with Crippen LogP contribution in [0.25, 0.3) is 0 Å². The third kappa shape index (κ3) is 3.43. The fraction of sp³-hybridized carbons (Fsp3) is 0.923. The highest BCUT2D eigenvalue weighted by Crippen LogP contribution is 2.12. The molecule has 2 saturated heterocycles. The molecule has 0 aliphatic carbocycles. The molecule has 2 unspecified atom stereocenters. The molecule has 0 aromatic rings. The molecule has 3 atom stereocenters. The van der Waals surface area contributed by atoms with Gasteiger partial charge in [0.15, 0.2) is 0 Å². The Morgan fingerprint density at radius 1 is 1.28 bits per heavy atom. The van der Waals surface area contributed by atoms with Crippen LogP contribution >= 0.6 is 0 Å². The van der Waals surface area contributed by atoms with Crippen molar-refractivity contribution < 1.29 is 9.53 Å². The maximum absolute atomic E-state index is 12.3. The summed E-state index contributed by atoms with van der Waals surface area (Å²) in [6, 6.07) is 0.443. The van der Waals surface area contributed by atoms with E-state index in [4.69, 9.17) is 4.74 Å². The second-order valence-electron chi connectivity index (χ2n) is 5.58. The first-order valence-corrected chi connectivity index (χ1v) is 6.94. The summed E-state index contributed by atoms with van der Waals surface area (Å²) in [6.07, 6.45) is 0.302. The lowest BCUT2D eigenvalue weighted by molar-refractivity contribution is -0.145. The molecule has 5 heteroatoms. The molecule has 18 heavy (non-hydrogen) atoms. The number of hydrogen-bond donors (Lipinski definition) is 1. The van der Waals surface area contributed by atoms with Crippen LogP contribution in [0.2, 0.25) is 0 Å². The molecule has 2 aliphatic heterocycles. The molecule has 2 fully saturated rings. The molecule has 0 aromatic heterocycles. The Balaban J connectivity index is 1.86. The van der Waals surface area contributed by atoms with Crippen molar-refractivity contribution in [3.05, 3.63) is 0 Å². The zero-order chi connectivity index (χ0) is 13.1. The molecule has 1 amide bonds. The average Bonchev–Trinajstić information content (AvgIpc) is 2.31. The summed E-state index contributed by atoms with van der Waals surface area (Å²) >= 11 is 0. The summed E-state index contributed by atoms with van der Waals surface area (Å²) < 4.78 is 5.66. The third-order valence-electron chi connectivity index (χ3n) is 3.75. The van der Waals surface area contributed by atoms with Crippen LogP contribution in [0.1, 0.15) is 20.8 Å². The van der Waals surface area contributed by atoms with E-state index in [-0.39, 0.29) is 18.1 Å². The molecule has 0 spiro atoms. The van der Waals surface area contributed by atoms with Crippen molar-refractivity contribution >= 4 is 5.91 Å². The van der Waals surface area contributed by atoms with Gasteiger partial charge in [0.25, 0.3) is 0 Å². The van der Waals surface area contributed by atoms with Gasteiger partial charge in [-0.15, -0.1) is 0 Å². The fourth-order valence-corrected chi connectivity index (χ4v) is 2.77. The molecule has 0 aromatic carbocycles. The number of hydrogen-bond acceptors (Lipinski definition) is 4.